The number of hydrogen-bond acceptors (Lipinski definition) is 1. The Hall–Kier alpha value is -0.0500. The molecule has 1 fully saturated rings. The molecule has 0 amide bonds. The molecule has 1 aliphatic rings. The summed E-state index contributed by atoms with van der Waals surface area (Å²) in [5.74, 6) is 0.429. The van der Waals surface area contributed by atoms with Gasteiger partial charge in [0.15, 0.2) is 0 Å². The predicted molar refractivity (Wildman–Crippen MR) is 85.1 cm³/mol. The van der Waals surface area contributed by atoms with Crippen molar-refractivity contribution in [3.63, 3.8) is 0 Å². The maximum atomic E-state index is 6.82. The second kappa shape index (κ2) is 6.15. The summed E-state index contributed by atoms with van der Waals surface area (Å²) in [5.41, 5.74) is 5.13. The minimum Gasteiger partial charge on any atom is -0.378 e. The molecule has 3 heteroatoms. The van der Waals surface area contributed by atoms with Gasteiger partial charge in [0.25, 0.3) is 0 Å². The highest BCUT2D eigenvalue weighted by molar-refractivity contribution is 9.10. The van der Waals surface area contributed by atoms with Crippen molar-refractivity contribution < 1.29 is 4.74 Å². The molecule has 1 aromatic carbocycles. The zero-order valence-electron chi connectivity index (χ0n) is 12.1. The molecule has 0 N–H and O–H groups in total. The fraction of sp³-hybridized carbons (Fsp3) is 0.625. The van der Waals surface area contributed by atoms with E-state index in [2.05, 4.69) is 49.7 Å². The van der Waals surface area contributed by atoms with E-state index in [1.807, 2.05) is 0 Å². The first-order valence-corrected chi connectivity index (χ1v) is 8.22. The molecular weight excluding hydrogens is 324 g/mol. The molecule has 0 radical (unpaired) electrons. The van der Waals surface area contributed by atoms with Crippen LogP contribution < -0.4 is 0 Å². The van der Waals surface area contributed by atoms with Crippen molar-refractivity contribution in [1.29, 1.82) is 0 Å². The molecule has 0 saturated carbocycles. The van der Waals surface area contributed by atoms with Gasteiger partial charge in [0, 0.05) is 17.0 Å². The lowest BCUT2D eigenvalue weighted by molar-refractivity contribution is 0.0864. The van der Waals surface area contributed by atoms with Gasteiger partial charge in [-0.1, -0.05) is 28.9 Å². The van der Waals surface area contributed by atoms with Crippen LogP contribution in [0.5, 0.6) is 0 Å². The molecule has 0 spiro atoms. The van der Waals surface area contributed by atoms with Crippen LogP contribution in [-0.4, -0.2) is 12.7 Å². The zero-order valence-corrected chi connectivity index (χ0v) is 14.4. The van der Waals surface area contributed by atoms with E-state index < -0.39 is 0 Å². The van der Waals surface area contributed by atoms with Gasteiger partial charge in [-0.05, 0) is 55.9 Å². The second-order valence-electron chi connectivity index (χ2n) is 5.53. The van der Waals surface area contributed by atoms with E-state index in [9.17, 15) is 0 Å². The molecule has 1 aliphatic heterocycles. The minimum atomic E-state index is 0.0457. The smallest absolute Gasteiger partial charge is 0.0644 e. The highest BCUT2D eigenvalue weighted by atomic mass is 79.9. The van der Waals surface area contributed by atoms with Gasteiger partial charge in [-0.25, -0.2) is 0 Å². The second-order valence-corrected chi connectivity index (χ2v) is 6.80. The Bertz CT molecular complexity index is 472. The van der Waals surface area contributed by atoms with E-state index in [4.69, 9.17) is 16.3 Å². The highest BCUT2D eigenvalue weighted by Gasteiger charge is 2.35. The van der Waals surface area contributed by atoms with Crippen LogP contribution in [0.2, 0.25) is 0 Å². The third kappa shape index (κ3) is 2.86. The van der Waals surface area contributed by atoms with Crippen LogP contribution >= 0.6 is 27.5 Å². The number of halogens is 2. The van der Waals surface area contributed by atoms with Crippen LogP contribution in [0.1, 0.15) is 47.4 Å². The van der Waals surface area contributed by atoms with Crippen molar-refractivity contribution in [2.75, 3.05) is 6.61 Å². The summed E-state index contributed by atoms with van der Waals surface area (Å²) in [6, 6.07) is 2.22. The Kier molecular flexibility index (Phi) is 4.97. The van der Waals surface area contributed by atoms with E-state index in [-0.39, 0.29) is 5.38 Å². The zero-order chi connectivity index (χ0) is 14.2. The first-order chi connectivity index (χ1) is 8.97. The molecule has 2 rings (SSSR count). The largest absolute Gasteiger partial charge is 0.378 e. The number of alkyl halides is 1. The van der Waals surface area contributed by atoms with Crippen molar-refractivity contribution >= 4 is 27.5 Å². The van der Waals surface area contributed by atoms with Gasteiger partial charge in [0.1, 0.15) is 0 Å². The van der Waals surface area contributed by atoms with Gasteiger partial charge in [-0.15, -0.1) is 11.6 Å². The molecule has 19 heavy (non-hydrogen) atoms. The van der Waals surface area contributed by atoms with Crippen molar-refractivity contribution in [3.8, 4) is 0 Å². The van der Waals surface area contributed by atoms with Gasteiger partial charge in [0.2, 0.25) is 0 Å². The lowest BCUT2D eigenvalue weighted by Gasteiger charge is -2.26. The SMILES string of the molecule is CCC1OCCC1C(Cl)c1c(C)cc(C)c(Br)c1C. The molecular formula is C16H22BrClO. The Morgan fingerprint density at radius 1 is 1.37 bits per heavy atom. The topological polar surface area (TPSA) is 9.23 Å². The molecule has 106 valence electrons. The van der Waals surface area contributed by atoms with Crippen molar-refractivity contribution in [2.24, 2.45) is 5.92 Å². The first kappa shape index (κ1) is 15.3. The van der Waals surface area contributed by atoms with Gasteiger partial charge >= 0.3 is 0 Å². The number of ether oxygens (including phenoxy) is 1. The fourth-order valence-electron chi connectivity index (χ4n) is 3.23. The molecule has 0 aliphatic carbocycles. The quantitative estimate of drug-likeness (QED) is 0.660. The van der Waals surface area contributed by atoms with Gasteiger partial charge in [-0.3, -0.25) is 0 Å². The third-order valence-electron chi connectivity index (χ3n) is 4.25. The van der Waals surface area contributed by atoms with Crippen LogP contribution in [0.15, 0.2) is 10.5 Å². The van der Waals surface area contributed by atoms with Crippen molar-refractivity contribution in [2.45, 2.75) is 52.0 Å². The highest BCUT2D eigenvalue weighted by Crippen LogP contribution is 2.43. The average molecular weight is 346 g/mol. The predicted octanol–water partition coefficient (Wildman–Crippen LogP) is 5.47. The van der Waals surface area contributed by atoms with E-state index >= 15 is 0 Å². The van der Waals surface area contributed by atoms with E-state index in [0.29, 0.717) is 12.0 Å². The standard InChI is InChI=1S/C16H22BrClO/c1-5-13-12(6-7-19-13)16(18)14-9(2)8-10(3)15(17)11(14)4/h8,12-13,16H,5-7H2,1-4H3. The monoisotopic (exact) mass is 344 g/mol. The number of rotatable bonds is 3. The molecule has 0 aromatic heterocycles. The lowest BCUT2D eigenvalue weighted by Crippen LogP contribution is -2.20. The van der Waals surface area contributed by atoms with Gasteiger partial charge < -0.3 is 4.74 Å². The molecule has 3 unspecified atom stereocenters. The summed E-state index contributed by atoms with van der Waals surface area (Å²) in [6.07, 6.45) is 2.41. The summed E-state index contributed by atoms with van der Waals surface area (Å²) in [4.78, 5) is 0. The Balaban J connectivity index is 2.39. The molecule has 3 atom stereocenters. The summed E-state index contributed by atoms with van der Waals surface area (Å²) >= 11 is 10.5. The minimum absolute atomic E-state index is 0.0457. The first-order valence-electron chi connectivity index (χ1n) is 6.99. The van der Waals surface area contributed by atoms with Crippen molar-refractivity contribution in [1.82, 2.24) is 0 Å². The Morgan fingerprint density at radius 2 is 2.05 bits per heavy atom. The number of benzene rings is 1. The number of hydrogen-bond donors (Lipinski definition) is 0. The summed E-state index contributed by atoms with van der Waals surface area (Å²) in [7, 11) is 0. The van der Waals surface area contributed by atoms with E-state index in [1.54, 1.807) is 0 Å². The molecule has 0 bridgehead atoms. The van der Waals surface area contributed by atoms with Crippen LogP contribution in [-0.2, 0) is 4.74 Å². The van der Waals surface area contributed by atoms with Crippen molar-refractivity contribution in [3.05, 3.63) is 32.8 Å². The molecule has 1 aromatic rings. The normalized spacial score (nSPS) is 24.7. The van der Waals surface area contributed by atoms with E-state index in [0.717, 1.165) is 19.4 Å². The average Bonchev–Trinajstić information content (AvgIpc) is 2.84. The van der Waals surface area contributed by atoms with Crippen LogP contribution in [0.3, 0.4) is 0 Å². The van der Waals surface area contributed by atoms with Crippen LogP contribution in [0.25, 0.3) is 0 Å². The molecule has 1 saturated heterocycles. The lowest BCUT2D eigenvalue weighted by atomic mass is 9.86. The molecule has 1 nitrogen and oxygen atoms in total. The van der Waals surface area contributed by atoms with Crippen LogP contribution in [0.4, 0.5) is 0 Å². The summed E-state index contributed by atoms with van der Waals surface area (Å²) in [6.45, 7) is 9.47. The summed E-state index contributed by atoms with van der Waals surface area (Å²) in [5, 5.41) is 0.0457. The van der Waals surface area contributed by atoms with Crippen LogP contribution in [0, 0.1) is 26.7 Å². The van der Waals surface area contributed by atoms with Gasteiger partial charge in [0.05, 0.1) is 11.5 Å². The maximum Gasteiger partial charge on any atom is 0.0644 e. The Morgan fingerprint density at radius 3 is 2.68 bits per heavy atom. The Labute approximate surface area is 129 Å². The fourth-order valence-corrected chi connectivity index (χ4v) is 4.19. The maximum absolute atomic E-state index is 6.82. The van der Waals surface area contributed by atoms with E-state index in [1.165, 1.54) is 26.7 Å². The summed E-state index contributed by atoms with van der Waals surface area (Å²) < 4.78 is 6.98. The number of aryl methyl sites for hydroxylation is 2. The molecule has 1 heterocycles. The van der Waals surface area contributed by atoms with Gasteiger partial charge in [-0.2, -0.15) is 0 Å². The third-order valence-corrected chi connectivity index (χ3v) is 6.01.